The number of hydrogen-bond acceptors (Lipinski definition) is 9. The number of hydrogen-bond donors (Lipinski definition) is 0. The molecule has 0 saturated heterocycles. The molecule has 5 rings (SSSR count). The molecule has 0 saturated carbocycles. The number of para-hydroxylation sites is 2. The first-order valence-electron chi connectivity index (χ1n) is 12.1. The number of furan rings is 1. The number of carbonyl (C=O) groups excluding carboxylic acids is 1. The lowest BCUT2D eigenvalue weighted by molar-refractivity contribution is -0.386. The molecule has 0 spiro atoms. The van der Waals surface area contributed by atoms with Gasteiger partial charge in [-0.15, -0.1) is 0 Å². The van der Waals surface area contributed by atoms with E-state index in [-0.39, 0.29) is 29.5 Å². The van der Waals surface area contributed by atoms with Gasteiger partial charge in [0, 0.05) is 22.0 Å². The van der Waals surface area contributed by atoms with E-state index in [0.29, 0.717) is 26.9 Å². The second-order valence-corrected chi connectivity index (χ2v) is 9.01. The average Bonchev–Trinajstić information content (AvgIpc) is 3.36. The van der Waals surface area contributed by atoms with Gasteiger partial charge in [0.05, 0.1) is 28.6 Å². The van der Waals surface area contributed by atoms with Crippen LogP contribution in [-0.4, -0.2) is 39.5 Å². The minimum absolute atomic E-state index is 0.0973. The normalized spacial score (nSPS) is 12.2. The van der Waals surface area contributed by atoms with Crippen LogP contribution in [0, 0.1) is 10.1 Å². The second-order valence-electron chi connectivity index (χ2n) is 8.57. The van der Waals surface area contributed by atoms with Gasteiger partial charge in [-0.3, -0.25) is 14.9 Å². The molecule has 0 fully saturated rings. The summed E-state index contributed by atoms with van der Waals surface area (Å²) in [6.45, 7) is 3.17. The van der Waals surface area contributed by atoms with Crippen LogP contribution in [0.5, 0.6) is 5.75 Å². The van der Waals surface area contributed by atoms with E-state index in [0.717, 1.165) is 4.68 Å². The molecule has 0 bridgehead atoms. The lowest BCUT2D eigenvalue weighted by Crippen LogP contribution is -2.27. The van der Waals surface area contributed by atoms with Crippen molar-refractivity contribution in [2.24, 2.45) is 5.10 Å². The number of ether oxygens (including phenoxy) is 2. The molecule has 0 radical (unpaired) electrons. The minimum Gasteiger partial charge on any atom is -0.471 e. The van der Waals surface area contributed by atoms with E-state index in [1.165, 1.54) is 31.3 Å². The Kier molecular flexibility index (Phi) is 7.30. The third-order valence-electron chi connectivity index (χ3n) is 5.90. The van der Waals surface area contributed by atoms with Crippen molar-refractivity contribution in [2.45, 2.75) is 20.0 Å². The van der Waals surface area contributed by atoms with Crippen LogP contribution in [0.15, 0.2) is 81.0 Å². The zero-order valence-electron chi connectivity index (χ0n) is 21.2. The molecule has 1 atom stereocenters. The fourth-order valence-corrected chi connectivity index (χ4v) is 4.22. The van der Waals surface area contributed by atoms with Crippen LogP contribution < -0.4 is 10.3 Å². The molecule has 3 aromatic carbocycles. The van der Waals surface area contributed by atoms with Crippen molar-refractivity contribution in [1.29, 1.82) is 0 Å². The van der Waals surface area contributed by atoms with Crippen LogP contribution in [0.2, 0.25) is 5.02 Å². The Balaban J connectivity index is 1.66. The highest BCUT2D eigenvalue weighted by atomic mass is 35.5. The number of fused-ring (bicyclic) bond motifs is 2. The Morgan fingerprint density at radius 2 is 2.00 bits per heavy atom. The van der Waals surface area contributed by atoms with E-state index in [1.54, 1.807) is 55.5 Å². The summed E-state index contributed by atoms with van der Waals surface area (Å²) in [6.07, 6.45) is 0.0809. The molecule has 0 unspecified atom stereocenters. The molecule has 2 aromatic heterocycles. The predicted molar refractivity (Wildman–Crippen MR) is 149 cm³/mol. The Morgan fingerprint density at radius 1 is 1.20 bits per heavy atom. The van der Waals surface area contributed by atoms with Gasteiger partial charge in [0.2, 0.25) is 11.6 Å². The van der Waals surface area contributed by atoms with E-state index in [4.69, 9.17) is 25.5 Å². The molecule has 0 aliphatic carbocycles. The van der Waals surface area contributed by atoms with Gasteiger partial charge < -0.3 is 13.9 Å². The number of rotatable bonds is 8. The van der Waals surface area contributed by atoms with Crippen molar-refractivity contribution < 1.29 is 23.6 Å². The van der Waals surface area contributed by atoms with Crippen LogP contribution in [-0.2, 0) is 9.53 Å². The molecule has 11 nitrogen and oxygen atoms in total. The standard InChI is InChI=1S/C28H21ClN4O7/c1-3-38-28(35)16(2)39-25-17(7-6-10-22(25)33(36)37)15-30-32-26(31-21-9-5-4-8-20(21)27(32)34)24-14-18-13-19(29)11-12-23(18)40-24/h4-16H,3H2,1-2H3/t16-/m0/s1. The number of nitro benzene ring substituents is 1. The van der Waals surface area contributed by atoms with Crippen molar-refractivity contribution in [1.82, 2.24) is 9.66 Å². The second kappa shape index (κ2) is 11.0. The molecule has 0 aliphatic rings. The largest absolute Gasteiger partial charge is 0.471 e. The molecule has 0 amide bonds. The van der Waals surface area contributed by atoms with Gasteiger partial charge in [-0.2, -0.15) is 9.78 Å². The van der Waals surface area contributed by atoms with Crippen LogP contribution >= 0.6 is 11.6 Å². The summed E-state index contributed by atoms with van der Waals surface area (Å²) in [5.41, 5.74) is 0.212. The lowest BCUT2D eigenvalue weighted by Gasteiger charge is -2.15. The van der Waals surface area contributed by atoms with Crippen molar-refractivity contribution in [3.05, 3.63) is 97.8 Å². The van der Waals surface area contributed by atoms with Crippen molar-refractivity contribution in [3.8, 4) is 17.3 Å². The summed E-state index contributed by atoms with van der Waals surface area (Å²) < 4.78 is 17.6. The van der Waals surface area contributed by atoms with E-state index in [1.807, 2.05) is 0 Å². The summed E-state index contributed by atoms with van der Waals surface area (Å²) in [5, 5.41) is 17.6. The van der Waals surface area contributed by atoms with Gasteiger partial charge in [-0.25, -0.2) is 9.78 Å². The highest BCUT2D eigenvalue weighted by Crippen LogP contribution is 2.32. The first-order chi connectivity index (χ1) is 19.3. The zero-order chi connectivity index (χ0) is 28.4. The fraction of sp³-hybridized carbons (Fsp3) is 0.143. The average molecular weight is 561 g/mol. The zero-order valence-corrected chi connectivity index (χ0v) is 22.0. The Bertz CT molecular complexity index is 1860. The number of nitrogens with zero attached hydrogens (tertiary/aromatic N) is 4. The summed E-state index contributed by atoms with van der Waals surface area (Å²) in [7, 11) is 0. The first kappa shape index (κ1) is 26.6. The minimum atomic E-state index is -1.14. The number of aromatic nitrogens is 2. The van der Waals surface area contributed by atoms with E-state index in [9.17, 15) is 19.7 Å². The highest BCUT2D eigenvalue weighted by Gasteiger charge is 2.25. The van der Waals surface area contributed by atoms with Crippen molar-refractivity contribution in [3.63, 3.8) is 0 Å². The van der Waals surface area contributed by atoms with Crippen LogP contribution in [0.3, 0.4) is 0 Å². The maximum Gasteiger partial charge on any atom is 0.347 e. The van der Waals surface area contributed by atoms with Crippen molar-refractivity contribution in [2.75, 3.05) is 6.61 Å². The lowest BCUT2D eigenvalue weighted by atomic mass is 10.2. The molecule has 0 aliphatic heterocycles. The smallest absolute Gasteiger partial charge is 0.347 e. The maximum absolute atomic E-state index is 13.6. The van der Waals surface area contributed by atoms with Gasteiger partial charge in [0.1, 0.15) is 5.58 Å². The Labute approximate surface area is 231 Å². The molecular formula is C28H21ClN4O7. The first-order valence-corrected chi connectivity index (χ1v) is 12.5. The van der Waals surface area contributed by atoms with Crippen LogP contribution in [0.1, 0.15) is 19.4 Å². The summed E-state index contributed by atoms with van der Waals surface area (Å²) in [6, 6.07) is 17.7. The quantitative estimate of drug-likeness (QED) is 0.104. The number of nitro groups is 1. The summed E-state index contributed by atoms with van der Waals surface area (Å²) in [4.78, 5) is 41.5. The number of esters is 1. The van der Waals surface area contributed by atoms with Gasteiger partial charge in [-0.05, 0) is 56.3 Å². The van der Waals surface area contributed by atoms with Gasteiger partial charge in [-0.1, -0.05) is 29.8 Å². The predicted octanol–water partition coefficient (Wildman–Crippen LogP) is 5.58. The molecule has 5 aromatic rings. The number of carbonyl (C=O) groups is 1. The van der Waals surface area contributed by atoms with E-state index < -0.39 is 28.2 Å². The van der Waals surface area contributed by atoms with E-state index in [2.05, 4.69) is 10.1 Å². The topological polar surface area (TPSA) is 139 Å². The highest BCUT2D eigenvalue weighted by molar-refractivity contribution is 6.31. The number of benzene rings is 3. The Morgan fingerprint density at radius 3 is 2.77 bits per heavy atom. The monoisotopic (exact) mass is 560 g/mol. The molecule has 12 heteroatoms. The Hall–Kier alpha value is -5.03. The van der Waals surface area contributed by atoms with Gasteiger partial charge in [0.15, 0.2) is 11.9 Å². The number of halogens is 1. The fourth-order valence-electron chi connectivity index (χ4n) is 4.04. The van der Waals surface area contributed by atoms with Gasteiger partial charge in [0.25, 0.3) is 5.56 Å². The third-order valence-corrected chi connectivity index (χ3v) is 6.13. The molecule has 2 heterocycles. The van der Waals surface area contributed by atoms with Gasteiger partial charge >= 0.3 is 11.7 Å². The SMILES string of the molecule is CCOC(=O)[C@H](C)Oc1c(C=Nn2c(-c3cc4cc(Cl)ccc4o3)nc3ccccc3c2=O)cccc1[N+](=O)[O-]. The molecule has 0 N–H and O–H groups in total. The molecule has 40 heavy (non-hydrogen) atoms. The summed E-state index contributed by atoms with van der Waals surface area (Å²) in [5.74, 6) is -0.548. The molecule has 202 valence electrons. The molecular weight excluding hydrogens is 540 g/mol. The van der Waals surface area contributed by atoms with Crippen LogP contribution in [0.25, 0.3) is 33.5 Å². The van der Waals surface area contributed by atoms with E-state index >= 15 is 0 Å². The maximum atomic E-state index is 13.6. The van der Waals surface area contributed by atoms with Crippen LogP contribution in [0.4, 0.5) is 5.69 Å². The summed E-state index contributed by atoms with van der Waals surface area (Å²) >= 11 is 6.12. The van der Waals surface area contributed by atoms with Crippen molar-refractivity contribution >= 4 is 51.3 Å². The third kappa shape index (κ3) is 5.14.